The predicted molar refractivity (Wildman–Crippen MR) is 138 cm³/mol. The maximum absolute atomic E-state index is 12.3. The van der Waals surface area contributed by atoms with Crippen molar-refractivity contribution >= 4 is 21.8 Å². The summed E-state index contributed by atoms with van der Waals surface area (Å²) in [6, 6.07) is 3.81. The lowest BCUT2D eigenvalue weighted by atomic mass is 10.1. The van der Waals surface area contributed by atoms with Gasteiger partial charge < -0.3 is 15.5 Å². The molecule has 1 aliphatic heterocycles. The van der Waals surface area contributed by atoms with E-state index in [1.807, 2.05) is 12.1 Å². The minimum Gasteiger partial charge on any atom is -0.354 e. The number of carbonyl (C=O) groups excluding carboxylic acids is 1. The van der Waals surface area contributed by atoms with Gasteiger partial charge in [0.05, 0.1) is 18.4 Å². The van der Waals surface area contributed by atoms with Crippen molar-refractivity contribution < 1.29 is 17.4 Å². The fourth-order valence-corrected chi connectivity index (χ4v) is 4.53. The van der Waals surface area contributed by atoms with Gasteiger partial charge in [0.2, 0.25) is 0 Å². The van der Waals surface area contributed by atoms with Gasteiger partial charge in [-0.05, 0) is 25.0 Å². The third-order valence-corrected chi connectivity index (χ3v) is 6.70. The van der Waals surface area contributed by atoms with Crippen molar-refractivity contribution in [2.75, 3.05) is 50.5 Å². The summed E-state index contributed by atoms with van der Waals surface area (Å²) in [5, 5.41) is 6.34. The molecule has 0 atom stereocenters. The Morgan fingerprint density at radius 2 is 1.50 bits per heavy atom. The Morgan fingerprint density at radius 1 is 0.941 bits per heavy atom. The van der Waals surface area contributed by atoms with Crippen LogP contribution in [0.1, 0.15) is 87.4 Å². The molecule has 1 saturated heterocycles. The Kier molecular flexibility index (Phi) is 14.1. The van der Waals surface area contributed by atoms with Gasteiger partial charge in [0, 0.05) is 38.9 Å². The second-order valence-electron chi connectivity index (χ2n) is 9.17. The predicted octanol–water partition coefficient (Wildman–Crippen LogP) is 3.88. The smallest absolute Gasteiger partial charge is 0.264 e. The number of nitrogens with one attached hydrogen (secondary N) is 2. The average molecular weight is 497 g/mol. The standard InChI is InChI=1S/C25H44N4O4S/c1-34(31,32)33-21-13-11-9-7-5-3-2-4-6-8-10-12-16-27-25(30)23-14-15-24(28-22-23)29-19-17-26-18-20-29/h14-15,22,26H,2-13,16-21H2,1H3,(H,27,30). The SMILES string of the molecule is CS(=O)(=O)OCCCCCCCCCCCCCCNC(=O)c1ccc(N2CCNCC2)nc1. The van der Waals surface area contributed by atoms with Crippen LogP contribution in [0.25, 0.3) is 0 Å². The van der Waals surface area contributed by atoms with Gasteiger partial charge in [-0.3, -0.25) is 8.98 Å². The van der Waals surface area contributed by atoms with Gasteiger partial charge in [0.25, 0.3) is 16.0 Å². The lowest BCUT2D eigenvalue weighted by Crippen LogP contribution is -2.43. The summed E-state index contributed by atoms with van der Waals surface area (Å²) in [6.45, 7) is 4.87. The summed E-state index contributed by atoms with van der Waals surface area (Å²) in [4.78, 5) is 19.0. The van der Waals surface area contributed by atoms with Crippen LogP contribution in [0.2, 0.25) is 0 Å². The third-order valence-electron chi connectivity index (χ3n) is 6.11. The van der Waals surface area contributed by atoms with Gasteiger partial charge in [0.1, 0.15) is 5.82 Å². The molecule has 9 heteroatoms. The fourth-order valence-electron chi connectivity index (χ4n) is 4.11. The van der Waals surface area contributed by atoms with E-state index in [0.717, 1.165) is 70.4 Å². The van der Waals surface area contributed by atoms with Gasteiger partial charge >= 0.3 is 0 Å². The van der Waals surface area contributed by atoms with Crippen LogP contribution in [0.5, 0.6) is 0 Å². The number of amides is 1. The van der Waals surface area contributed by atoms with Crippen LogP contribution in [0.3, 0.4) is 0 Å². The molecule has 8 nitrogen and oxygen atoms in total. The molecule has 0 spiro atoms. The monoisotopic (exact) mass is 496 g/mol. The van der Waals surface area contributed by atoms with Crippen molar-refractivity contribution in [3.8, 4) is 0 Å². The summed E-state index contributed by atoms with van der Waals surface area (Å²) in [5.41, 5.74) is 0.626. The molecule has 0 saturated carbocycles. The second-order valence-corrected chi connectivity index (χ2v) is 10.8. The molecule has 1 amide bonds. The molecule has 0 aromatic carbocycles. The number of pyridine rings is 1. The number of rotatable bonds is 18. The summed E-state index contributed by atoms with van der Waals surface area (Å²) in [7, 11) is -3.29. The fraction of sp³-hybridized carbons (Fsp3) is 0.760. The maximum atomic E-state index is 12.3. The van der Waals surface area contributed by atoms with E-state index in [1.54, 1.807) is 6.20 Å². The molecule has 0 aliphatic carbocycles. The minimum atomic E-state index is -3.29. The molecule has 2 rings (SSSR count). The Labute approximate surface area is 206 Å². The Hall–Kier alpha value is -1.71. The van der Waals surface area contributed by atoms with Gasteiger partial charge in [-0.2, -0.15) is 8.42 Å². The van der Waals surface area contributed by atoms with Crippen LogP contribution in [-0.4, -0.2) is 64.9 Å². The highest BCUT2D eigenvalue weighted by molar-refractivity contribution is 7.85. The zero-order valence-electron chi connectivity index (χ0n) is 20.9. The maximum Gasteiger partial charge on any atom is 0.264 e. The van der Waals surface area contributed by atoms with E-state index in [9.17, 15) is 13.2 Å². The van der Waals surface area contributed by atoms with Crippen LogP contribution >= 0.6 is 0 Å². The molecule has 2 N–H and O–H groups in total. The number of aromatic nitrogens is 1. The van der Waals surface area contributed by atoms with E-state index in [0.29, 0.717) is 18.7 Å². The van der Waals surface area contributed by atoms with E-state index >= 15 is 0 Å². The number of nitrogens with zero attached hydrogens (tertiary/aromatic N) is 2. The van der Waals surface area contributed by atoms with Gasteiger partial charge in [0.15, 0.2) is 0 Å². The van der Waals surface area contributed by atoms with E-state index in [2.05, 4.69) is 20.5 Å². The van der Waals surface area contributed by atoms with Crippen molar-refractivity contribution in [1.82, 2.24) is 15.6 Å². The summed E-state index contributed by atoms with van der Waals surface area (Å²) in [5.74, 6) is 0.900. The van der Waals surface area contributed by atoms with Gasteiger partial charge in [-0.25, -0.2) is 4.98 Å². The van der Waals surface area contributed by atoms with Gasteiger partial charge in [-0.15, -0.1) is 0 Å². The lowest BCUT2D eigenvalue weighted by Gasteiger charge is -2.28. The topological polar surface area (TPSA) is 101 Å². The molecule has 1 fully saturated rings. The number of hydrogen-bond donors (Lipinski definition) is 2. The first-order valence-electron chi connectivity index (χ1n) is 13.0. The van der Waals surface area contributed by atoms with Crippen molar-refractivity contribution in [2.24, 2.45) is 0 Å². The number of carbonyl (C=O) groups is 1. The van der Waals surface area contributed by atoms with Crippen LogP contribution in [0, 0.1) is 0 Å². The first-order chi connectivity index (χ1) is 16.5. The van der Waals surface area contributed by atoms with E-state index in [-0.39, 0.29) is 5.91 Å². The summed E-state index contributed by atoms with van der Waals surface area (Å²) in [6.07, 6.45) is 16.7. The molecule has 2 heterocycles. The zero-order valence-corrected chi connectivity index (χ0v) is 21.7. The van der Waals surface area contributed by atoms with Crippen molar-refractivity contribution in [3.05, 3.63) is 23.9 Å². The van der Waals surface area contributed by atoms with E-state index in [4.69, 9.17) is 4.18 Å². The molecule has 0 unspecified atom stereocenters. The van der Waals surface area contributed by atoms with Gasteiger partial charge in [-0.1, -0.05) is 64.2 Å². The Bertz CT molecular complexity index is 781. The Balaban J connectivity index is 1.37. The number of anilines is 1. The highest BCUT2D eigenvalue weighted by Gasteiger charge is 2.12. The molecular formula is C25H44N4O4S. The molecular weight excluding hydrogens is 452 g/mol. The van der Waals surface area contributed by atoms with Crippen molar-refractivity contribution in [2.45, 2.75) is 77.0 Å². The number of piperazine rings is 1. The zero-order chi connectivity index (χ0) is 24.5. The average Bonchev–Trinajstić information content (AvgIpc) is 2.83. The highest BCUT2D eigenvalue weighted by Crippen LogP contribution is 2.13. The van der Waals surface area contributed by atoms with Crippen LogP contribution < -0.4 is 15.5 Å². The van der Waals surface area contributed by atoms with Crippen molar-refractivity contribution in [3.63, 3.8) is 0 Å². The Morgan fingerprint density at radius 3 is 2.03 bits per heavy atom. The lowest BCUT2D eigenvalue weighted by molar-refractivity contribution is 0.0952. The quantitative estimate of drug-likeness (QED) is 0.235. The molecule has 194 valence electrons. The number of hydrogen-bond acceptors (Lipinski definition) is 7. The highest BCUT2D eigenvalue weighted by atomic mass is 32.2. The molecule has 1 aliphatic rings. The van der Waals surface area contributed by atoms with E-state index in [1.165, 1.54) is 44.9 Å². The molecule has 0 bridgehead atoms. The molecule has 34 heavy (non-hydrogen) atoms. The van der Waals surface area contributed by atoms with Crippen molar-refractivity contribution in [1.29, 1.82) is 0 Å². The number of unbranched alkanes of at least 4 members (excludes halogenated alkanes) is 11. The minimum absolute atomic E-state index is 0.0396. The molecule has 0 radical (unpaired) electrons. The summed E-state index contributed by atoms with van der Waals surface area (Å²) >= 11 is 0. The first kappa shape index (κ1) is 28.5. The molecule has 1 aromatic rings. The van der Waals surface area contributed by atoms with Crippen LogP contribution in [0.15, 0.2) is 18.3 Å². The summed E-state index contributed by atoms with van der Waals surface area (Å²) < 4.78 is 26.4. The molecule has 1 aromatic heterocycles. The first-order valence-corrected chi connectivity index (χ1v) is 14.8. The van der Waals surface area contributed by atoms with Crippen LogP contribution in [-0.2, 0) is 14.3 Å². The largest absolute Gasteiger partial charge is 0.354 e. The van der Waals surface area contributed by atoms with E-state index < -0.39 is 10.1 Å². The second kappa shape index (κ2) is 16.8. The van der Waals surface area contributed by atoms with Crippen LogP contribution in [0.4, 0.5) is 5.82 Å². The third kappa shape index (κ3) is 13.2. The normalized spacial score (nSPS) is 14.3.